The first-order chi connectivity index (χ1) is 44.1. The number of carbonyl (C=O) groups is 11. The molecule has 4 aromatic carbocycles. The van der Waals surface area contributed by atoms with E-state index in [-0.39, 0.29) is 68.0 Å². The van der Waals surface area contributed by atoms with Crippen molar-refractivity contribution in [3.8, 4) is 5.75 Å². The summed E-state index contributed by atoms with van der Waals surface area (Å²) in [6.45, 7) is 7.04. The van der Waals surface area contributed by atoms with Crippen LogP contribution in [-0.2, 0) is 68.8 Å². The summed E-state index contributed by atoms with van der Waals surface area (Å²) in [7, 11) is 2.01. The molecule has 0 saturated carbocycles. The Balaban J connectivity index is 1.43. The second kappa shape index (κ2) is 35.5. The van der Waals surface area contributed by atoms with E-state index in [1.807, 2.05) is 20.8 Å². The number of phenolic OH excluding ortho intramolecular Hbond substituents is 1. The molecule has 10 unspecified atom stereocenters. The molecule has 502 valence electrons. The van der Waals surface area contributed by atoms with Crippen LogP contribution in [0.4, 0.5) is 21.0 Å². The third kappa shape index (κ3) is 24.8. The number of amides is 13. The molecule has 28 nitrogen and oxygen atoms in total. The Morgan fingerprint density at radius 2 is 1.20 bits per heavy atom. The number of primary amides is 2. The molecule has 2 aliphatic rings. The monoisotopic (exact) mass is 1340 g/mol. The highest BCUT2D eigenvalue weighted by Gasteiger charge is 2.36. The van der Waals surface area contributed by atoms with Crippen LogP contribution in [-0.4, -0.2) is 166 Å². The highest BCUT2D eigenvalue weighted by molar-refractivity contribution is 8.76. The van der Waals surface area contributed by atoms with Gasteiger partial charge in [0.15, 0.2) is 0 Å². The number of hydrogen-bond donors (Lipinski definition) is 17. The number of aliphatic hydroxyl groups excluding tert-OH is 1. The zero-order chi connectivity index (χ0) is 67.9. The van der Waals surface area contributed by atoms with E-state index in [1.165, 1.54) is 55.5 Å². The minimum atomic E-state index is -1.52. The molecule has 0 aliphatic carbocycles. The van der Waals surface area contributed by atoms with Crippen LogP contribution >= 0.6 is 33.2 Å². The van der Waals surface area contributed by atoms with Crippen molar-refractivity contribution in [1.29, 1.82) is 0 Å². The SMILES string of the molecule is CC(O)C1NCC(CCCCN)NC(=O)C(Cc2ccc(NC(N)=O)cc2)NC(=O)C(Cc2ccc(NC(=O)C3CC(=O)NC(=O)N3)cc2)NC(=O)C(NC(=O)C(Cc2ccc(Cl)cc2)NC(C)(C)C)CSSCC(C(=O)NC(Cc2ccc(O)cc2)C(N)=O)NC1=O. The number of aromatic hydroxyl groups is 1. The average Bonchev–Trinajstić information content (AvgIpc) is 0.944. The maximum atomic E-state index is 15.2. The summed E-state index contributed by atoms with van der Waals surface area (Å²) in [5, 5.41) is 54.4. The van der Waals surface area contributed by atoms with Gasteiger partial charge in [-0.05, 0) is 124 Å². The summed E-state index contributed by atoms with van der Waals surface area (Å²) in [5.41, 5.74) is 19.1. The fourth-order valence-electron chi connectivity index (χ4n) is 9.92. The van der Waals surface area contributed by atoms with Crippen LogP contribution < -0.4 is 81.0 Å². The molecule has 2 saturated heterocycles. The highest BCUT2D eigenvalue weighted by Crippen LogP contribution is 2.25. The Morgan fingerprint density at radius 1 is 0.656 bits per heavy atom. The van der Waals surface area contributed by atoms with E-state index in [0.29, 0.717) is 46.8 Å². The lowest BCUT2D eigenvalue weighted by molar-refractivity contribution is -0.134. The van der Waals surface area contributed by atoms with E-state index >= 15 is 9.59 Å². The van der Waals surface area contributed by atoms with Gasteiger partial charge < -0.3 is 85.9 Å². The normalized spacial score (nSPS) is 21.5. The largest absolute Gasteiger partial charge is 0.508 e. The van der Waals surface area contributed by atoms with Crippen molar-refractivity contribution in [3.63, 3.8) is 0 Å². The minimum absolute atomic E-state index is 0.0433. The first-order valence-electron chi connectivity index (χ1n) is 30.0. The molecule has 4 aromatic rings. The Kier molecular flexibility index (Phi) is 28.1. The number of anilines is 2. The van der Waals surface area contributed by atoms with Crippen molar-refractivity contribution in [2.45, 2.75) is 145 Å². The lowest BCUT2D eigenvalue weighted by Gasteiger charge is -2.30. The molecule has 6 rings (SSSR count). The lowest BCUT2D eigenvalue weighted by Crippen LogP contribution is -2.61. The predicted molar refractivity (Wildman–Crippen MR) is 353 cm³/mol. The Labute approximate surface area is 550 Å². The van der Waals surface area contributed by atoms with E-state index in [0.717, 1.165) is 27.2 Å². The molecule has 0 bridgehead atoms. The Morgan fingerprint density at radius 3 is 1.76 bits per heavy atom. The van der Waals surface area contributed by atoms with Gasteiger partial charge in [0.05, 0.1) is 18.6 Å². The molecular weight excluding hydrogens is 1260 g/mol. The second-order valence-corrected chi connectivity index (χ2v) is 26.6. The maximum absolute atomic E-state index is 15.2. The summed E-state index contributed by atoms with van der Waals surface area (Å²) in [6.07, 6.45) is -0.880. The van der Waals surface area contributed by atoms with Gasteiger partial charge >= 0.3 is 12.1 Å². The van der Waals surface area contributed by atoms with Gasteiger partial charge in [0.1, 0.15) is 48.0 Å². The van der Waals surface area contributed by atoms with E-state index in [2.05, 4.69) is 63.8 Å². The molecular formula is C62H82ClN15O13S2. The molecule has 93 heavy (non-hydrogen) atoms. The molecule has 0 aromatic heterocycles. The van der Waals surface area contributed by atoms with Gasteiger partial charge in [-0.25, -0.2) is 9.59 Å². The smallest absolute Gasteiger partial charge is 0.322 e. The van der Waals surface area contributed by atoms with Crippen LogP contribution in [0.25, 0.3) is 0 Å². The van der Waals surface area contributed by atoms with Crippen LogP contribution in [0.1, 0.15) is 75.6 Å². The van der Waals surface area contributed by atoms with Crippen LogP contribution in [0, 0.1) is 0 Å². The first kappa shape index (κ1) is 73.5. The molecule has 10 atom stereocenters. The number of benzene rings is 4. The molecule has 13 amide bonds. The molecule has 0 spiro atoms. The number of urea groups is 2. The molecule has 2 fully saturated rings. The number of carbonyl (C=O) groups excluding carboxylic acids is 11. The van der Waals surface area contributed by atoms with Crippen LogP contribution in [0.5, 0.6) is 5.75 Å². The Hall–Kier alpha value is -8.52. The number of hydrogen-bond acceptors (Lipinski definition) is 18. The quantitative estimate of drug-likeness (QED) is 0.0373. The van der Waals surface area contributed by atoms with Crippen molar-refractivity contribution < 1.29 is 63.0 Å². The minimum Gasteiger partial charge on any atom is -0.508 e. The number of halogens is 1. The van der Waals surface area contributed by atoms with E-state index < -0.39 is 131 Å². The van der Waals surface area contributed by atoms with Crippen molar-refractivity contribution in [3.05, 3.63) is 124 Å². The van der Waals surface area contributed by atoms with Crippen molar-refractivity contribution >= 4 is 110 Å². The molecule has 31 heteroatoms. The number of imide groups is 1. The van der Waals surface area contributed by atoms with Crippen LogP contribution in [0.2, 0.25) is 5.02 Å². The number of rotatable bonds is 22. The fourth-order valence-corrected chi connectivity index (χ4v) is 12.4. The van der Waals surface area contributed by atoms with E-state index in [1.54, 1.807) is 48.5 Å². The van der Waals surface area contributed by atoms with Gasteiger partial charge in [-0.3, -0.25) is 48.5 Å². The first-order valence-corrected chi connectivity index (χ1v) is 32.9. The molecule has 20 N–H and O–H groups in total. The third-order valence-corrected chi connectivity index (χ3v) is 17.4. The standard InChI is InChI=1S/C62H82ClN15O13S2/c1-33(79)51-59(89)75-49(57(87)71-43(52(65)82)25-37-14-22-42(80)23-15-37)32-93-92-31-48(74-56(86)47(78-62(2,3)4)28-34-8-16-38(63)17-9-34)58(88)73-45(27-35-10-18-39(19-11-35)68-54(84)46-29-50(81)77-61(91)76-46)55(85)72-44(26-36-12-20-40(21-13-36)70-60(66)90)53(83)69-41(30-67-51)7-5-6-24-64/h8-23,33,41,43-49,51,67,78-80H,5-7,24-32,64H2,1-4H3,(H2,65,82)(H,68,84)(H,69,83)(H,71,87)(H,72,85)(H,73,88)(H,74,86)(H,75,89)(H3,66,70,90)(H2,76,77,81,91). The number of aliphatic hydroxyl groups is 1. The molecule has 0 radical (unpaired) electrons. The summed E-state index contributed by atoms with van der Waals surface area (Å²) < 4.78 is 0. The summed E-state index contributed by atoms with van der Waals surface area (Å²) in [5.74, 6) is -7.61. The molecule has 2 aliphatic heterocycles. The number of nitrogens with one attached hydrogen (secondary N) is 12. The second-order valence-electron chi connectivity index (χ2n) is 23.6. The maximum Gasteiger partial charge on any atom is 0.322 e. The summed E-state index contributed by atoms with van der Waals surface area (Å²) in [6, 6.07) is 11.8. The van der Waals surface area contributed by atoms with Crippen molar-refractivity contribution in [1.82, 2.24) is 53.2 Å². The van der Waals surface area contributed by atoms with E-state index in [9.17, 15) is 53.4 Å². The topological polar surface area (TPSA) is 451 Å². The van der Waals surface area contributed by atoms with Gasteiger partial charge in [-0.1, -0.05) is 88.1 Å². The zero-order valence-electron chi connectivity index (χ0n) is 51.8. The van der Waals surface area contributed by atoms with Gasteiger partial charge in [0.2, 0.25) is 53.2 Å². The van der Waals surface area contributed by atoms with Crippen molar-refractivity contribution in [2.75, 3.05) is 35.2 Å². The lowest BCUT2D eigenvalue weighted by atomic mass is 10.00. The number of unbranched alkanes of at least 4 members (excludes halogenated alkanes) is 1. The van der Waals surface area contributed by atoms with Crippen molar-refractivity contribution in [2.24, 2.45) is 17.2 Å². The third-order valence-electron chi connectivity index (χ3n) is 14.7. The fraction of sp³-hybridized carbons (Fsp3) is 0.435. The molecule has 2 heterocycles. The summed E-state index contributed by atoms with van der Waals surface area (Å²) >= 11 is 6.22. The van der Waals surface area contributed by atoms with Crippen LogP contribution in [0.3, 0.4) is 0 Å². The predicted octanol–water partition coefficient (Wildman–Crippen LogP) is 0.357. The van der Waals surface area contributed by atoms with E-state index in [4.69, 9.17) is 28.8 Å². The van der Waals surface area contributed by atoms with Crippen LogP contribution in [0.15, 0.2) is 97.1 Å². The Bertz CT molecular complexity index is 3260. The number of phenols is 1. The van der Waals surface area contributed by atoms with Gasteiger partial charge in [-0.15, -0.1) is 0 Å². The number of nitrogens with two attached hydrogens (primary N) is 3. The van der Waals surface area contributed by atoms with Gasteiger partial charge in [0.25, 0.3) is 0 Å². The van der Waals surface area contributed by atoms with Gasteiger partial charge in [-0.2, -0.15) is 0 Å². The summed E-state index contributed by atoms with van der Waals surface area (Å²) in [4.78, 5) is 151. The average molecular weight is 1350 g/mol. The van der Waals surface area contributed by atoms with Gasteiger partial charge in [0, 0.05) is 65.3 Å². The zero-order valence-corrected chi connectivity index (χ0v) is 54.2. The highest BCUT2D eigenvalue weighted by atomic mass is 35.5.